The molecule has 1 fully saturated rings. The van der Waals surface area contributed by atoms with E-state index in [1.807, 2.05) is 6.20 Å². The SMILES string of the molecule is NCCc1csc(C(c2cnc[nH]2)N2CCCCC2)n1. The first-order chi connectivity index (χ1) is 9.88. The Labute approximate surface area is 123 Å². The van der Waals surface area contributed by atoms with Crippen molar-refractivity contribution in [3.8, 4) is 0 Å². The predicted octanol–water partition coefficient (Wildman–Crippen LogP) is 1.94. The first-order valence-corrected chi connectivity index (χ1v) is 8.13. The van der Waals surface area contributed by atoms with Gasteiger partial charge < -0.3 is 10.7 Å². The highest BCUT2D eigenvalue weighted by Gasteiger charge is 2.27. The van der Waals surface area contributed by atoms with Gasteiger partial charge >= 0.3 is 0 Å². The molecular formula is C14H21N5S. The van der Waals surface area contributed by atoms with Crippen LogP contribution in [0.5, 0.6) is 0 Å². The van der Waals surface area contributed by atoms with E-state index in [-0.39, 0.29) is 6.04 Å². The van der Waals surface area contributed by atoms with Crippen molar-refractivity contribution in [1.82, 2.24) is 19.9 Å². The molecule has 0 aliphatic carbocycles. The van der Waals surface area contributed by atoms with Gasteiger partial charge in [-0.15, -0.1) is 11.3 Å². The lowest BCUT2D eigenvalue weighted by atomic mass is 10.1. The topological polar surface area (TPSA) is 70.8 Å². The van der Waals surface area contributed by atoms with Crippen LogP contribution in [0.4, 0.5) is 0 Å². The molecule has 0 radical (unpaired) electrons. The van der Waals surface area contributed by atoms with Crippen LogP contribution in [-0.4, -0.2) is 39.5 Å². The maximum atomic E-state index is 5.62. The van der Waals surface area contributed by atoms with E-state index in [2.05, 4.69) is 20.2 Å². The summed E-state index contributed by atoms with van der Waals surface area (Å²) in [6.45, 7) is 2.92. The third-order valence-corrected chi connectivity index (χ3v) is 4.72. The summed E-state index contributed by atoms with van der Waals surface area (Å²) in [5.41, 5.74) is 7.87. The number of aromatic nitrogens is 3. The summed E-state index contributed by atoms with van der Waals surface area (Å²) in [5.74, 6) is 0. The van der Waals surface area contributed by atoms with Crippen molar-refractivity contribution in [2.24, 2.45) is 5.73 Å². The van der Waals surface area contributed by atoms with E-state index in [9.17, 15) is 0 Å². The number of imidazole rings is 1. The second kappa shape index (κ2) is 6.47. The van der Waals surface area contributed by atoms with Crippen LogP contribution in [-0.2, 0) is 6.42 Å². The molecule has 1 saturated heterocycles. The van der Waals surface area contributed by atoms with Gasteiger partial charge in [0.2, 0.25) is 0 Å². The number of likely N-dealkylation sites (tertiary alicyclic amines) is 1. The molecule has 0 aromatic carbocycles. The smallest absolute Gasteiger partial charge is 0.116 e. The second-order valence-corrected chi connectivity index (χ2v) is 6.11. The molecule has 1 aliphatic rings. The number of hydrogen-bond acceptors (Lipinski definition) is 5. The molecule has 0 bridgehead atoms. The van der Waals surface area contributed by atoms with Crippen molar-refractivity contribution in [3.63, 3.8) is 0 Å². The number of nitrogens with two attached hydrogens (primary N) is 1. The number of piperidine rings is 1. The van der Waals surface area contributed by atoms with Gasteiger partial charge in [0.15, 0.2) is 0 Å². The lowest BCUT2D eigenvalue weighted by Crippen LogP contribution is -2.34. The molecule has 3 rings (SSSR count). The Morgan fingerprint density at radius 3 is 2.90 bits per heavy atom. The Hall–Kier alpha value is -1.24. The van der Waals surface area contributed by atoms with E-state index in [1.54, 1.807) is 17.7 Å². The average molecular weight is 291 g/mol. The fourth-order valence-corrected chi connectivity index (χ4v) is 3.79. The molecular weight excluding hydrogens is 270 g/mol. The summed E-state index contributed by atoms with van der Waals surface area (Å²) in [6, 6.07) is 0.217. The van der Waals surface area contributed by atoms with E-state index in [0.717, 1.165) is 35.9 Å². The van der Waals surface area contributed by atoms with E-state index in [0.29, 0.717) is 6.54 Å². The normalized spacial score (nSPS) is 18.2. The minimum Gasteiger partial charge on any atom is -0.347 e. The van der Waals surface area contributed by atoms with E-state index >= 15 is 0 Å². The zero-order valence-corrected chi connectivity index (χ0v) is 12.4. The lowest BCUT2D eigenvalue weighted by molar-refractivity contribution is 0.184. The van der Waals surface area contributed by atoms with Crippen LogP contribution in [0.1, 0.15) is 41.7 Å². The fraction of sp³-hybridized carbons (Fsp3) is 0.571. The Kier molecular flexibility index (Phi) is 4.44. The number of rotatable bonds is 5. The summed E-state index contributed by atoms with van der Waals surface area (Å²) < 4.78 is 0. The minimum atomic E-state index is 0.217. The van der Waals surface area contributed by atoms with Gasteiger partial charge in [-0.1, -0.05) is 6.42 Å². The van der Waals surface area contributed by atoms with Crippen molar-refractivity contribution < 1.29 is 0 Å². The largest absolute Gasteiger partial charge is 0.347 e. The summed E-state index contributed by atoms with van der Waals surface area (Å²) in [7, 11) is 0. The van der Waals surface area contributed by atoms with Crippen LogP contribution in [0.25, 0.3) is 0 Å². The Balaban J connectivity index is 1.87. The highest BCUT2D eigenvalue weighted by Crippen LogP contribution is 2.31. The maximum absolute atomic E-state index is 5.62. The molecule has 6 heteroatoms. The van der Waals surface area contributed by atoms with Gasteiger partial charge in [-0.3, -0.25) is 4.90 Å². The summed E-state index contributed by atoms with van der Waals surface area (Å²) >= 11 is 1.73. The molecule has 20 heavy (non-hydrogen) atoms. The zero-order valence-electron chi connectivity index (χ0n) is 11.6. The summed E-state index contributed by atoms with van der Waals surface area (Å²) in [5, 5.41) is 3.29. The minimum absolute atomic E-state index is 0.217. The zero-order chi connectivity index (χ0) is 13.8. The number of hydrogen-bond donors (Lipinski definition) is 2. The van der Waals surface area contributed by atoms with E-state index in [4.69, 9.17) is 10.7 Å². The number of nitrogens with one attached hydrogen (secondary N) is 1. The molecule has 0 amide bonds. The number of aromatic amines is 1. The highest BCUT2D eigenvalue weighted by molar-refractivity contribution is 7.09. The monoisotopic (exact) mass is 291 g/mol. The van der Waals surface area contributed by atoms with Crippen molar-refractivity contribution >= 4 is 11.3 Å². The molecule has 3 heterocycles. The fourth-order valence-electron chi connectivity index (χ4n) is 2.79. The van der Waals surface area contributed by atoms with Crippen LogP contribution in [0, 0.1) is 0 Å². The van der Waals surface area contributed by atoms with E-state index < -0.39 is 0 Å². The number of H-pyrrole nitrogens is 1. The van der Waals surface area contributed by atoms with Crippen LogP contribution < -0.4 is 5.73 Å². The van der Waals surface area contributed by atoms with Gasteiger partial charge in [-0.2, -0.15) is 0 Å². The summed E-state index contributed by atoms with van der Waals surface area (Å²) in [6.07, 6.45) is 8.40. The average Bonchev–Trinajstić information content (AvgIpc) is 3.14. The first-order valence-electron chi connectivity index (χ1n) is 7.25. The van der Waals surface area contributed by atoms with Gasteiger partial charge in [0.05, 0.1) is 17.7 Å². The molecule has 2 aromatic rings. The quantitative estimate of drug-likeness (QED) is 0.883. The van der Waals surface area contributed by atoms with Gasteiger partial charge in [-0.25, -0.2) is 9.97 Å². The van der Waals surface area contributed by atoms with Crippen molar-refractivity contribution in [2.45, 2.75) is 31.7 Å². The summed E-state index contributed by atoms with van der Waals surface area (Å²) in [4.78, 5) is 14.7. The number of nitrogens with zero attached hydrogens (tertiary/aromatic N) is 3. The van der Waals surface area contributed by atoms with Crippen LogP contribution >= 0.6 is 11.3 Å². The lowest BCUT2D eigenvalue weighted by Gasteiger charge is -2.32. The second-order valence-electron chi connectivity index (χ2n) is 5.22. The highest BCUT2D eigenvalue weighted by atomic mass is 32.1. The molecule has 0 spiro atoms. The predicted molar refractivity (Wildman–Crippen MR) is 80.7 cm³/mol. The van der Waals surface area contributed by atoms with Crippen molar-refractivity contribution in [2.75, 3.05) is 19.6 Å². The standard InChI is InChI=1S/C14H21N5S/c15-5-4-11-9-20-14(18-11)13(12-8-16-10-17-12)19-6-2-1-3-7-19/h8-10,13H,1-7,15H2,(H,16,17). The van der Waals surface area contributed by atoms with Crippen molar-refractivity contribution in [1.29, 1.82) is 0 Å². The molecule has 0 saturated carbocycles. The Bertz CT molecular complexity index is 515. The molecule has 1 atom stereocenters. The Morgan fingerprint density at radius 1 is 1.35 bits per heavy atom. The third kappa shape index (κ3) is 2.92. The van der Waals surface area contributed by atoms with Crippen molar-refractivity contribution in [3.05, 3.63) is 34.3 Å². The first kappa shape index (κ1) is 13.7. The van der Waals surface area contributed by atoms with Gasteiger partial charge in [0.25, 0.3) is 0 Å². The van der Waals surface area contributed by atoms with Gasteiger partial charge in [0, 0.05) is 18.0 Å². The van der Waals surface area contributed by atoms with Gasteiger partial charge in [-0.05, 0) is 32.5 Å². The van der Waals surface area contributed by atoms with Crippen LogP contribution in [0.2, 0.25) is 0 Å². The van der Waals surface area contributed by atoms with Crippen LogP contribution in [0.3, 0.4) is 0 Å². The molecule has 1 aliphatic heterocycles. The Morgan fingerprint density at radius 2 is 2.20 bits per heavy atom. The molecule has 2 aromatic heterocycles. The third-order valence-electron chi connectivity index (χ3n) is 3.77. The molecule has 3 N–H and O–H groups in total. The van der Waals surface area contributed by atoms with Crippen LogP contribution in [0.15, 0.2) is 17.9 Å². The molecule has 108 valence electrons. The maximum Gasteiger partial charge on any atom is 0.116 e. The molecule has 1 unspecified atom stereocenters. The molecule has 5 nitrogen and oxygen atoms in total. The van der Waals surface area contributed by atoms with E-state index in [1.165, 1.54) is 19.3 Å². The van der Waals surface area contributed by atoms with Gasteiger partial charge in [0.1, 0.15) is 11.0 Å². The number of thiazole rings is 1.